The molecule has 128 valence electrons. The third-order valence-electron chi connectivity index (χ3n) is 2.93. The van der Waals surface area contributed by atoms with E-state index in [1.165, 1.54) is 0 Å². The van der Waals surface area contributed by atoms with Gasteiger partial charge in [-0.3, -0.25) is 9.59 Å². The first-order valence-corrected chi connectivity index (χ1v) is 7.61. The number of carbonyl (C=O) groups excluding carboxylic acids is 2. The third-order valence-corrected chi connectivity index (χ3v) is 2.93. The van der Waals surface area contributed by atoms with Gasteiger partial charge in [-0.15, -0.1) is 0 Å². The lowest BCUT2D eigenvalue weighted by Crippen LogP contribution is -2.48. The van der Waals surface area contributed by atoms with E-state index < -0.39 is 29.6 Å². The maximum atomic E-state index is 11.9. The van der Waals surface area contributed by atoms with Crippen molar-refractivity contribution in [3.63, 3.8) is 0 Å². The highest BCUT2D eigenvalue weighted by atomic mass is 16.6. The van der Waals surface area contributed by atoms with Crippen LogP contribution in [0.5, 0.6) is 0 Å². The Morgan fingerprint density at radius 3 is 2.35 bits per heavy atom. The van der Waals surface area contributed by atoms with Crippen LogP contribution in [-0.2, 0) is 25.7 Å². The zero-order valence-corrected chi connectivity index (χ0v) is 14.2. The van der Waals surface area contributed by atoms with Gasteiger partial charge in [-0.1, -0.05) is 30.3 Å². The van der Waals surface area contributed by atoms with E-state index in [1.807, 2.05) is 30.3 Å². The Morgan fingerprint density at radius 1 is 1.17 bits per heavy atom. The molecular weight excluding hydrogens is 296 g/mol. The van der Waals surface area contributed by atoms with Crippen LogP contribution in [0.15, 0.2) is 30.3 Å². The van der Waals surface area contributed by atoms with Crippen molar-refractivity contribution in [2.24, 2.45) is 5.73 Å². The molecule has 0 aromatic heterocycles. The lowest BCUT2D eigenvalue weighted by molar-refractivity contribution is -0.157. The van der Waals surface area contributed by atoms with Crippen molar-refractivity contribution >= 4 is 11.9 Å². The van der Waals surface area contributed by atoms with E-state index in [0.717, 1.165) is 5.56 Å². The van der Waals surface area contributed by atoms with Crippen molar-refractivity contribution in [1.82, 2.24) is 5.32 Å². The standard InChI is InChI=1S/C17H26N2O4/c1-12(15(20)22-11-13-8-6-5-7-9-13)19-10-14(18)16(21)23-17(2,3)4/h5-9,12,14,19H,10-11,18H2,1-4H3/t12-,14?/m0/s1. The van der Waals surface area contributed by atoms with Gasteiger partial charge >= 0.3 is 11.9 Å². The van der Waals surface area contributed by atoms with Gasteiger partial charge in [0.25, 0.3) is 0 Å². The van der Waals surface area contributed by atoms with Crippen LogP contribution in [0, 0.1) is 0 Å². The second-order valence-electron chi connectivity index (χ2n) is 6.36. The third kappa shape index (κ3) is 7.76. The van der Waals surface area contributed by atoms with Crippen LogP contribution >= 0.6 is 0 Å². The van der Waals surface area contributed by atoms with Crippen LogP contribution in [-0.4, -0.2) is 36.2 Å². The fourth-order valence-electron chi connectivity index (χ4n) is 1.70. The summed E-state index contributed by atoms with van der Waals surface area (Å²) >= 11 is 0. The Balaban J connectivity index is 2.33. The molecule has 0 fully saturated rings. The molecule has 0 saturated heterocycles. The Hall–Kier alpha value is -1.92. The predicted octanol–water partition coefficient (Wildman–Crippen LogP) is 1.38. The maximum absolute atomic E-state index is 11.9. The molecule has 0 bridgehead atoms. The highest BCUT2D eigenvalue weighted by Gasteiger charge is 2.23. The number of carbonyl (C=O) groups is 2. The number of benzene rings is 1. The van der Waals surface area contributed by atoms with Crippen molar-refractivity contribution in [3.8, 4) is 0 Å². The molecule has 0 spiro atoms. The van der Waals surface area contributed by atoms with E-state index in [1.54, 1.807) is 27.7 Å². The number of esters is 2. The van der Waals surface area contributed by atoms with Crippen LogP contribution in [0.25, 0.3) is 0 Å². The van der Waals surface area contributed by atoms with Gasteiger partial charge < -0.3 is 20.5 Å². The Bertz CT molecular complexity index is 511. The van der Waals surface area contributed by atoms with Crippen LogP contribution < -0.4 is 11.1 Å². The van der Waals surface area contributed by atoms with Crippen LogP contribution in [0.1, 0.15) is 33.3 Å². The molecule has 0 aliphatic rings. The van der Waals surface area contributed by atoms with Crippen molar-refractivity contribution in [3.05, 3.63) is 35.9 Å². The number of hydrogen-bond acceptors (Lipinski definition) is 6. The normalized spacial score (nSPS) is 14.0. The molecule has 6 nitrogen and oxygen atoms in total. The fraction of sp³-hybridized carbons (Fsp3) is 0.529. The summed E-state index contributed by atoms with van der Waals surface area (Å²) in [7, 11) is 0. The summed E-state index contributed by atoms with van der Waals surface area (Å²) in [6.45, 7) is 7.33. The predicted molar refractivity (Wildman–Crippen MR) is 87.5 cm³/mol. The number of nitrogens with two attached hydrogens (primary N) is 1. The summed E-state index contributed by atoms with van der Waals surface area (Å²) in [6, 6.07) is 8.02. The number of ether oxygens (including phenoxy) is 2. The van der Waals surface area contributed by atoms with Crippen molar-refractivity contribution in [2.45, 2.75) is 52.0 Å². The average Bonchev–Trinajstić information content (AvgIpc) is 2.49. The van der Waals surface area contributed by atoms with Crippen molar-refractivity contribution in [1.29, 1.82) is 0 Å². The first-order chi connectivity index (χ1) is 10.7. The van der Waals surface area contributed by atoms with Gasteiger partial charge in [0.1, 0.15) is 24.3 Å². The van der Waals surface area contributed by atoms with Gasteiger partial charge in [0.05, 0.1) is 0 Å². The minimum Gasteiger partial charge on any atom is -0.460 e. The van der Waals surface area contributed by atoms with Crippen molar-refractivity contribution < 1.29 is 19.1 Å². The molecule has 0 radical (unpaired) electrons. The first-order valence-electron chi connectivity index (χ1n) is 7.61. The van der Waals surface area contributed by atoms with E-state index >= 15 is 0 Å². The molecule has 0 aliphatic carbocycles. The highest BCUT2D eigenvalue weighted by Crippen LogP contribution is 2.07. The van der Waals surface area contributed by atoms with Gasteiger partial charge in [-0.2, -0.15) is 0 Å². The molecule has 0 heterocycles. The van der Waals surface area contributed by atoms with E-state index in [2.05, 4.69) is 5.32 Å². The quantitative estimate of drug-likeness (QED) is 0.737. The van der Waals surface area contributed by atoms with Gasteiger partial charge in [0, 0.05) is 6.54 Å². The summed E-state index contributed by atoms with van der Waals surface area (Å²) in [5, 5.41) is 2.88. The zero-order chi connectivity index (χ0) is 17.5. The second kappa shape index (κ2) is 8.64. The monoisotopic (exact) mass is 322 g/mol. The number of hydrogen-bond donors (Lipinski definition) is 2. The summed E-state index contributed by atoms with van der Waals surface area (Å²) in [5.74, 6) is -0.903. The van der Waals surface area contributed by atoms with E-state index in [9.17, 15) is 9.59 Å². The molecule has 0 amide bonds. The second-order valence-corrected chi connectivity index (χ2v) is 6.36. The average molecular weight is 322 g/mol. The van der Waals surface area contributed by atoms with Crippen molar-refractivity contribution in [2.75, 3.05) is 6.54 Å². The molecular formula is C17H26N2O4. The molecule has 23 heavy (non-hydrogen) atoms. The Labute approximate surface area is 137 Å². The van der Waals surface area contributed by atoms with E-state index in [4.69, 9.17) is 15.2 Å². The minimum atomic E-state index is -0.835. The smallest absolute Gasteiger partial charge is 0.324 e. The molecule has 1 aromatic rings. The molecule has 1 unspecified atom stereocenters. The van der Waals surface area contributed by atoms with Crippen LogP contribution in [0.4, 0.5) is 0 Å². The number of nitrogens with one attached hydrogen (secondary N) is 1. The maximum Gasteiger partial charge on any atom is 0.324 e. The fourth-order valence-corrected chi connectivity index (χ4v) is 1.70. The summed E-state index contributed by atoms with van der Waals surface area (Å²) in [5.41, 5.74) is 6.08. The molecule has 2 atom stereocenters. The van der Waals surface area contributed by atoms with E-state index in [-0.39, 0.29) is 13.2 Å². The SMILES string of the molecule is C[C@H](NCC(N)C(=O)OC(C)(C)C)C(=O)OCc1ccccc1. The molecule has 1 rings (SSSR count). The zero-order valence-electron chi connectivity index (χ0n) is 14.2. The minimum absolute atomic E-state index is 0.135. The molecule has 1 aromatic carbocycles. The topological polar surface area (TPSA) is 90.6 Å². The lowest BCUT2D eigenvalue weighted by Gasteiger charge is -2.23. The highest BCUT2D eigenvalue weighted by molar-refractivity contribution is 5.77. The molecule has 0 aliphatic heterocycles. The van der Waals surface area contributed by atoms with Gasteiger partial charge in [0.15, 0.2) is 0 Å². The van der Waals surface area contributed by atoms with Gasteiger partial charge in [0.2, 0.25) is 0 Å². The molecule has 6 heteroatoms. The Morgan fingerprint density at radius 2 is 1.78 bits per heavy atom. The lowest BCUT2D eigenvalue weighted by atomic mass is 10.2. The van der Waals surface area contributed by atoms with E-state index in [0.29, 0.717) is 0 Å². The van der Waals surface area contributed by atoms with Gasteiger partial charge in [-0.25, -0.2) is 0 Å². The molecule has 0 saturated carbocycles. The first kappa shape index (κ1) is 19.1. The largest absolute Gasteiger partial charge is 0.460 e. The molecule has 3 N–H and O–H groups in total. The summed E-state index contributed by atoms with van der Waals surface area (Å²) < 4.78 is 10.4. The van der Waals surface area contributed by atoms with Crippen LogP contribution in [0.2, 0.25) is 0 Å². The Kier molecular flexibility index (Phi) is 7.19. The van der Waals surface area contributed by atoms with Gasteiger partial charge in [-0.05, 0) is 33.3 Å². The summed E-state index contributed by atoms with van der Waals surface area (Å²) in [4.78, 5) is 23.6. The van der Waals surface area contributed by atoms with Crippen LogP contribution in [0.3, 0.4) is 0 Å². The summed E-state index contributed by atoms with van der Waals surface area (Å²) in [6.07, 6.45) is 0. The number of rotatable bonds is 7.